The maximum absolute atomic E-state index is 12.3. The zero-order chi connectivity index (χ0) is 19.4. The summed E-state index contributed by atoms with van der Waals surface area (Å²) in [4.78, 5) is 28.5. The standard InChI is InChI=1S/C20H20N2O4S/c1-12-4-5-13(2)16(8-12)22-18(23)9-19-21-15(11-27-19)10-25-20(24)17-7-6-14(3)26-17/h4-8,11H,9-10H2,1-3H3,(H,22,23). The predicted molar refractivity (Wildman–Crippen MR) is 103 cm³/mol. The second-order valence-electron chi connectivity index (χ2n) is 6.26. The monoisotopic (exact) mass is 384 g/mol. The summed E-state index contributed by atoms with van der Waals surface area (Å²) in [5.41, 5.74) is 3.50. The van der Waals surface area contributed by atoms with Gasteiger partial charge in [0, 0.05) is 11.1 Å². The molecule has 0 spiro atoms. The van der Waals surface area contributed by atoms with Crippen LogP contribution >= 0.6 is 11.3 Å². The van der Waals surface area contributed by atoms with Crippen LogP contribution in [0.15, 0.2) is 40.1 Å². The molecule has 3 rings (SSSR count). The van der Waals surface area contributed by atoms with Crippen LogP contribution < -0.4 is 5.32 Å². The number of hydrogen-bond donors (Lipinski definition) is 1. The van der Waals surface area contributed by atoms with Crippen molar-refractivity contribution in [2.24, 2.45) is 0 Å². The molecule has 0 saturated heterocycles. The van der Waals surface area contributed by atoms with E-state index in [2.05, 4.69) is 10.3 Å². The number of amides is 1. The molecule has 27 heavy (non-hydrogen) atoms. The maximum Gasteiger partial charge on any atom is 0.374 e. The highest BCUT2D eigenvalue weighted by Gasteiger charge is 2.14. The summed E-state index contributed by atoms with van der Waals surface area (Å²) in [6.45, 7) is 5.72. The van der Waals surface area contributed by atoms with Crippen molar-refractivity contribution in [2.75, 3.05) is 5.32 Å². The molecule has 3 aromatic rings. The van der Waals surface area contributed by atoms with E-state index >= 15 is 0 Å². The van der Waals surface area contributed by atoms with E-state index in [4.69, 9.17) is 9.15 Å². The van der Waals surface area contributed by atoms with Gasteiger partial charge in [-0.15, -0.1) is 11.3 Å². The van der Waals surface area contributed by atoms with Crippen LogP contribution in [0.3, 0.4) is 0 Å². The topological polar surface area (TPSA) is 81.4 Å². The molecule has 1 N–H and O–H groups in total. The second kappa shape index (κ2) is 8.18. The van der Waals surface area contributed by atoms with Gasteiger partial charge in [-0.05, 0) is 50.1 Å². The highest BCUT2D eigenvalue weighted by Crippen LogP contribution is 2.18. The van der Waals surface area contributed by atoms with Crippen molar-refractivity contribution in [3.8, 4) is 0 Å². The molecule has 0 unspecified atom stereocenters. The van der Waals surface area contributed by atoms with Crippen LogP contribution in [0, 0.1) is 20.8 Å². The first-order valence-corrected chi connectivity index (χ1v) is 9.32. The molecule has 0 radical (unpaired) electrons. The molecule has 0 aliphatic rings. The van der Waals surface area contributed by atoms with Crippen molar-refractivity contribution in [2.45, 2.75) is 33.8 Å². The van der Waals surface area contributed by atoms with Crippen LogP contribution in [-0.2, 0) is 22.6 Å². The number of rotatable bonds is 6. The molecule has 7 heteroatoms. The Labute approximate surface area is 161 Å². The Morgan fingerprint density at radius 2 is 2.00 bits per heavy atom. The quantitative estimate of drug-likeness (QED) is 0.644. The van der Waals surface area contributed by atoms with Gasteiger partial charge in [0.15, 0.2) is 0 Å². The van der Waals surface area contributed by atoms with Gasteiger partial charge in [0.2, 0.25) is 11.7 Å². The summed E-state index contributed by atoms with van der Waals surface area (Å²) in [7, 11) is 0. The van der Waals surface area contributed by atoms with E-state index < -0.39 is 5.97 Å². The molecule has 0 fully saturated rings. The number of anilines is 1. The Hall–Kier alpha value is -2.93. The Morgan fingerprint density at radius 1 is 1.19 bits per heavy atom. The molecular weight excluding hydrogens is 364 g/mol. The lowest BCUT2D eigenvalue weighted by molar-refractivity contribution is -0.115. The molecule has 0 aliphatic carbocycles. The average molecular weight is 384 g/mol. The van der Waals surface area contributed by atoms with Gasteiger partial charge in [-0.25, -0.2) is 9.78 Å². The minimum atomic E-state index is -0.537. The summed E-state index contributed by atoms with van der Waals surface area (Å²) in [5, 5.41) is 5.36. The molecule has 0 saturated carbocycles. The van der Waals surface area contributed by atoms with E-state index in [0.29, 0.717) is 16.5 Å². The number of thiazole rings is 1. The Bertz CT molecular complexity index is 974. The van der Waals surface area contributed by atoms with Gasteiger partial charge < -0.3 is 14.5 Å². The summed E-state index contributed by atoms with van der Waals surface area (Å²) >= 11 is 1.36. The molecule has 140 valence electrons. The third-order valence-corrected chi connectivity index (χ3v) is 4.77. The van der Waals surface area contributed by atoms with Crippen LogP contribution in [0.4, 0.5) is 5.69 Å². The summed E-state index contributed by atoms with van der Waals surface area (Å²) in [6, 6.07) is 9.19. The van der Waals surface area contributed by atoms with E-state index in [1.54, 1.807) is 24.4 Å². The molecule has 2 aromatic heterocycles. The molecule has 1 amide bonds. The van der Waals surface area contributed by atoms with Crippen LogP contribution in [0.2, 0.25) is 0 Å². The second-order valence-corrected chi connectivity index (χ2v) is 7.20. The van der Waals surface area contributed by atoms with Crippen molar-refractivity contribution in [3.63, 3.8) is 0 Å². The van der Waals surface area contributed by atoms with Gasteiger partial charge in [0.1, 0.15) is 17.4 Å². The van der Waals surface area contributed by atoms with E-state index in [1.807, 2.05) is 32.0 Å². The molecular formula is C20H20N2O4S. The fraction of sp³-hybridized carbons (Fsp3) is 0.250. The highest BCUT2D eigenvalue weighted by atomic mass is 32.1. The summed E-state index contributed by atoms with van der Waals surface area (Å²) < 4.78 is 10.4. The molecule has 6 nitrogen and oxygen atoms in total. The third kappa shape index (κ3) is 5.04. The van der Waals surface area contributed by atoms with Crippen LogP contribution in [-0.4, -0.2) is 16.9 Å². The molecule has 0 atom stereocenters. The normalized spacial score (nSPS) is 10.6. The number of nitrogens with one attached hydrogen (secondary N) is 1. The van der Waals surface area contributed by atoms with Gasteiger partial charge in [0.05, 0.1) is 12.1 Å². The Balaban J connectivity index is 1.53. The van der Waals surface area contributed by atoms with E-state index in [1.165, 1.54) is 11.3 Å². The lowest BCUT2D eigenvalue weighted by Gasteiger charge is -2.08. The van der Waals surface area contributed by atoms with Crippen LogP contribution in [0.25, 0.3) is 0 Å². The van der Waals surface area contributed by atoms with E-state index in [-0.39, 0.29) is 24.7 Å². The van der Waals surface area contributed by atoms with Crippen molar-refractivity contribution >= 4 is 28.9 Å². The zero-order valence-corrected chi connectivity index (χ0v) is 16.2. The minimum absolute atomic E-state index is 0.0354. The number of nitrogens with zero attached hydrogens (tertiary/aromatic N) is 1. The number of carbonyl (C=O) groups is 2. The summed E-state index contributed by atoms with van der Waals surface area (Å²) in [5.74, 6) is 0.140. The van der Waals surface area contributed by atoms with Gasteiger partial charge in [-0.2, -0.15) is 0 Å². The SMILES string of the molecule is Cc1ccc(C)c(NC(=O)Cc2nc(COC(=O)c3ccc(C)o3)cs2)c1. The number of hydrogen-bond acceptors (Lipinski definition) is 6. The minimum Gasteiger partial charge on any atom is -0.454 e. The average Bonchev–Trinajstić information content (AvgIpc) is 3.25. The predicted octanol–water partition coefficient (Wildman–Crippen LogP) is 4.20. The summed E-state index contributed by atoms with van der Waals surface area (Å²) in [6.07, 6.45) is 0.170. The van der Waals surface area contributed by atoms with Crippen molar-refractivity contribution in [1.82, 2.24) is 4.98 Å². The Kier molecular flexibility index (Phi) is 5.71. The van der Waals surface area contributed by atoms with Crippen molar-refractivity contribution < 1.29 is 18.7 Å². The van der Waals surface area contributed by atoms with E-state index in [9.17, 15) is 9.59 Å². The van der Waals surface area contributed by atoms with E-state index in [0.717, 1.165) is 16.8 Å². The van der Waals surface area contributed by atoms with Gasteiger partial charge in [-0.3, -0.25) is 4.79 Å². The molecule has 1 aromatic carbocycles. The largest absolute Gasteiger partial charge is 0.454 e. The van der Waals surface area contributed by atoms with Crippen molar-refractivity contribution in [3.05, 3.63) is 69.1 Å². The highest BCUT2D eigenvalue weighted by molar-refractivity contribution is 7.09. The van der Waals surface area contributed by atoms with Crippen LogP contribution in [0.5, 0.6) is 0 Å². The smallest absolute Gasteiger partial charge is 0.374 e. The number of esters is 1. The number of aryl methyl sites for hydroxylation is 3. The first kappa shape index (κ1) is 18.8. The maximum atomic E-state index is 12.3. The van der Waals surface area contributed by atoms with Crippen LogP contribution in [0.1, 0.15) is 38.1 Å². The number of ether oxygens (including phenoxy) is 1. The first-order chi connectivity index (χ1) is 12.9. The molecule has 2 heterocycles. The molecule has 0 bridgehead atoms. The fourth-order valence-electron chi connectivity index (χ4n) is 2.45. The van der Waals surface area contributed by atoms with Gasteiger partial charge >= 0.3 is 5.97 Å². The zero-order valence-electron chi connectivity index (χ0n) is 15.4. The lowest BCUT2D eigenvalue weighted by Crippen LogP contribution is -2.15. The third-order valence-electron chi connectivity index (χ3n) is 3.87. The number of furan rings is 1. The molecule has 0 aliphatic heterocycles. The van der Waals surface area contributed by atoms with Gasteiger partial charge in [0.25, 0.3) is 0 Å². The lowest BCUT2D eigenvalue weighted by atomic mass is 10.1. The number of benzene rings is 1. The number of carbonyl (C=O) groups excluding carboxylic acids is 2. The van der Waals surface area contributed by atoms with Gasteiger partial charge in [-0.1, -0.05) is 12.1 Å². The number of aromatic nitrogens is 1. The van der Waals surface area contributed by atoms with Crippen molar-refractivity contribution in [1.29, 1.82) is 0 Å². The Morgan fingerprint density at radius 3 is 2.74 bits per heavy atom. The fourth-order valence-corrected chi connectivity index (χ4v) is 3.23. The first-order valence-electron chi connectivity index (χ1n) is 8.44.